The van der Waals surface area contributed by atoms with Gasteiger partial charge in [-0.3, -0.25) is 4.79 Å². The number of amides is 1. The minimum Gasteiger partial charge on any atom is -0.371 e. The van der Waals surface area contributed by atoms with E-state index in [1.54, 1.807) is 7.11 Å². The number of nitrogens with one attached hydrogen (secondary N) is 1. The van der Waals surface area contributed by atoms with Crippen molar-refractivity contribution in [3.8, 4) is 0 Å². The topological polar surface area (TPSA) is 44.8 Å². The lowest BCUT2D eigenvalue weighted by molar-refractivity contribution is -0.128. The lowest BCUT2D eigenvalue weighted by atomic mass is 9.99. The fraction of sp³-hybridized carbons (Fsp3) is 0.550. The molecule has 5 heteroatoms. The zero-order valence-corrected chi connectivity index (χ0v) is 15.3. The largest absolute Gasteiger partial charge is 0.371 e. The van der Waals surface area contributed by atoms with E-state index in [2.05, 4.69) is 48.1 Å². The normalized spacial score (nSPS) is 21.4. The summed E-state index contributed by atoms with van der Waals surface area (Å²) in [6, 6.07) is 8.68. The van der Waals surface area contributed by atoms with Gasteiger partial charge in [0.2, 0.25) is 5.91 Å². The number of carbonyl (C=O) groups excluding carboxylic acids is 1. The molecule has 1 aromatic rings. The average Bonchev–Trinajstić information content (AvgIpc) is 2.91. The van der Waals surface area contributed by atoms with Gasteiger partial charge in [-0.2, -0.15) is 5.48 Å². The summed E-state index contributed by atoms with van der Waals surface area (Å²) in [6.07, 6.45) is 2.48. The molecule has 5 nitrogen and oxygen atoms in total. The van der Waals surface area contributed by atoms with E-state index in [9.17, 15) is 4.79 Å². The van der Waals surface area contributed by atoms with Crippen LogP contribution in [0, 0.1) is 5.92 Å². The first-order valence-electron chi connectivity index (χ1n) is 9.12. The number of likely N-dealkylation sites (tertiary alicyclic amines) is 1. The number of benzene rings is 1. The van der Waals surface area contributed by atoms with Gasteiger partial charge in [-0.25, -0.2) is 0 Å². The van der Waals surface area contributed by atoms with Crippen molar-refractivity contribution in [1.82, 2.24) is 15.3 Å². The molecule has 1 aromatic carbocycles. The van der Waals surface area contributed by atoms with Crippen molar-refractivity contribution >= 4 is 5.91 Å². The summed E-state index contributed by atoms with van der Waals surface area (Å²) in [5.74, 6) is 0.686. The Morgan fingerprint density at radius 1 is 1.40 bits per heavy atom. The number of hydrogen-bond donors (Lipinski definition) is 1. The van der Waals surface area contributed by atoms with Gasteiger partial charge in [-0.15, -0.1) is 0 Å². The quantitative estimate of drug-likeness (QED) is 0.772. The Kier molecular flexibility index (Phi) is 5.76. The summed E-state index contributed by atoms with van der Waals surface area (Å²) in [6.45, 7) is 9.85. The molecule has 2 unspecified atom stereocenters. The molecule has 0 bridgehead atoms. The molecule has 3 rings (SSSR count). The Labute approximate surface area is 150 Å². The minimum atomic E-state index is 0.0592. The number of hydroxylamine groups is 1. The summed E-state index contributed by atoms with van der Waals surface area (Å²) in [5.41, 5.74) is 6.98. The lowest BCUT2D eigenvalue weighted by Gasteiger charge is -2.34. The Morgan fingerprint density at radius 2 is 2.16 bits per heavy atom. The Bertz CT molecular complexity index is 631. The standard InChI is InChI=1S/C20H29N3O2/c1-15-10-20(24)23(12-15)14-19(21-25-3)11-16(2)22-9-8-17-6-4-5-7-18(17)13-22/h4-7,15,19,21H,2,8-14H2,1,3H3. The van der Waals surface area contributed by atoms with Crippen molar-refractivity contribution in [1.29, 1.82) is 0 Å². The predicted octanol–water partition coefficient (Wildman–Crippen LogP) is 2.34. The van der Waals surface area contributed by atoms with E-state index in [0.29, 0.717) is 18.9 Å². The van der Waals surface area contributed by atoms with E-state index in [0.717, 1.165) is 38.2 Å². The van der Waals surface area contributed by atoms with Crippen LogP contribution in [0.2, 0.25) is 0 Å². The first kappa shape index (κ1) is 18.0. The highest BCUT2D eigenvalue weighted by Gasteiger charge is 2.29. The van der Waals surface area contributed by atoms with Crippen molar-refractivity contribution < 1.29 is 9.63 Å². The molecule has 2 aliphatic rings. The molecule has 2 atom stereocenters. The van der Waals surface area contributed by atoms with Crippen LogP contribution in [0.15, 0.2) is 36.5 Å². The molecule has 0 aliphatic carbocycles. The van der Waals surface area contributed by atoms with E-state index < -0.39 is 0 Å². The zero-order valence-electron chi connectivity index (χ0n) is 15.3. The highest BCUT2D eigenvalue weighted by atomic mass is 16.6. The fourth-order valence-corrected chi connectivity index (χ4v) is 3.90. The van der Waals surface area contributed by atoms with Gasteiger partial charge in [0, 0.05) is 44.7 Å². The van der Waals surface area contributed by atoms with Crippen molar-refractivity contribution in [2.75, 3.05) is 26.7 Å². The van der Waals surface area contributed by atoms with Crippen molar-refractivity contribution in [2.45, 2.75) is 38.8 Å². The smallest absolute Gasteiger partial charge is 0.222 e. The highest BCUT2D eigenvalue weighted by Crippen LogP contribution is 2.24. The second kappa shape index (κ2) is 8.02. The lowest BCUT2D eigenvalue weighted by Crippen LogP contribution is -2.43. The second-order valence-corrected chi connectivity index (χ2v) is 7.34. The van der Waals surface area contributed by atoms with Crippen LogP contribution in [-0.2, 0) is 22.6 Å². The number of nitrogens with zero attached hydrogens (tertiary/aromatic N) is 2. The third-order valence-corrected chi connectivity index (χ3v) is 5.19. The van der Waals surface area contributed by atoms with Crippen molar-refractivity contribution in [3.63, 3.8) is 0 Å². The molecule has 0 saturated carbocycles. The van der Waals surface area contributed by atoms with Crippen LogP contribution in [0.25, 0.3) is 0 Å². The maximum atomic E-state index is 12.1. The fourth-order valence-electron chi connectivity index (χ4n) is 3.90. The second-order valence-electron chi connectivity index (χ2n) is 7.34. The summed E-state index contributed by atoms with van der Waals surface area (Å²) in [4.78, 5) is 21.5. The van der Waals surface area contributed by atoms with E-state index in [4.69, 9.17) is 4.84 Å². The van der Waals surface area contributed by atoms with Crippen LogP contribution < -0.4 is 5.48 Å². The molecule has 2 aliphatic heterocycles. The molecule has 25 heavy (non-hydrogen) atoms. The first-order valence-corrected chi connectivity index (χ1v) is 9.12. The molecule has 0 radical (unpaired) electrons. The molecule has 1 amide bonds. The third-order valence-electron chi connectivity index (χ3n) is 5.19. The Morgan fingerprint density at radius 3 is 2.84 bits per heavy atom. The summed E-state index contributed by atoms with van der Waals surface area (Å²) in [5, 5.41) is 0. The molecular formula is C20H29N3O2. The van der Waals surface area contributed by atoms with Gasteiger partial charge in [-0.1, -0.05) is 37.8 Å². The molecule has 1 saturated heterocycles. The molecule has 1 fully saturated rings. The van der Waals surface area contributed by atoms with Gasteiger partial charge in [-0.05, 0) is 23.5 Å². The van der Waals surface area contributed by atoms with E-state index in [-0.39, 0.29) is 11.9 Å². The SMILES string of the molecule is C=C(CC(CN1CC(C)CC1=O)NOC)N1CCc2ccccc2C1. The van der Waals surface area contributed by atoms with Gasteiger partial charge in [0.1, 0.15) is 0 Å². The van der Waals surface area contributed by atoms with Gasteiger partial charge in [0.25, 0.3) is 0 Å². The Balaban J connectivity index is 1.58. The zero-order chi connectivity index (χ0) is 17.8. The summed E-state index contributed by atoms with van der Waals surface area (Å²) < 4.78 is 0. The van der Waals surface area contributed by atoms with Gasteiger partial charge >= 0.3 is 0 Å². The third kappa shape index (κ3) is 4.41. The van der Waals surface area contributed by atoms with E-state index in [1.165, 1.54) is 11.1 Å². The van der Waals surface area contributed by atoms with E-state index in [1.807, 2.05) is 4.90 Å². The van der Waals surface area contributed by atoms with Crippen LogP contribution in [-0.4, -0.2) is 48.5 Å². The van der Waals surface area contributed by atoms with Gasteiger partial charge < -0.3 is 14.6 Å². The van der Waals surface area contributed by atoms with Crippen LogP contribution in [0.1, 0.15) is 30.9 Å². The van der Waals surface area contributed by atoms with Crippen LogP contribution in [0.5, 0.6) is 0 Å². The molecule has 1 N–H and O–H groups in total. The maximum Gasteiger partial charge on any atom is 0.222 e. The van der Waals surface area contributed by atoms with Gasteiger partial charge in [0.15, 0.2) is 0 Å². The maximum absolute atomic E-state index is 12.1. The van der Waals surface area contributed by atoms with Crippen LogP contribution >= 0.6 is 0 Å². The van der Waals surface area contributed by atoms with Crippen molar-refractivity contribution in [3.05, 3.63) is 47.7 Å². The predicted molar refractivity (Wildman–Crippen MR) is 98.6 cm³/mol. The molecule has 2 heterocycles. The average molecular weight is 343 g/mol. The minimum absolute atomic E-state index is 0.0592. The first-order chi connectivity index (χ1) is 12.1. The molecule has 0 aromatic heterocycles. The number of hydrogen-bond acceptors (Lipinski definition) is 4. The monoisotopic (exact) mass is 343 g/mol. The summed E-state index contributed by atoms with van der Waals surface area (Å²) in [7, 11) is 1.63. The highest BCUT2D eigenvalue weighted by molar-refractivity contribution is 5.78. The van der Waals surface area contributed by atoms with E-state index >= 15 is 0 Å². The molecular weight excluding hydrogens is 314 g/mol. The summed E-state index contributed by atoms with van der Waals surface area (Å²) >= 11 is 0. The van der Waals surface area contributed by atoms with Crippen molar-refractivity contribution in [2.24, 2.45) is 5.92 Å². The number of fused-ring (bicyclic) bond motifs is 1. The molecule has 136 valence electrons. The number of carbonyl (C=O) groups is 1. The van der Waals surface area contributed by atoms with Crippen LogP contribution in [0.4, 0.5) is 0 Å². The van der Waals surface area contributed by atoms with Crippen LogP contribution in [0.3, 0.4) is 0 Å². The Hall–Kier alpha value is -1.85. The molecule has 0 spiro atoms. The van der Waals surface area contributed by atoms with Gasteiger partial charge in [0.05, 0.1) is 13.2 Å². The number of rotatable bonds is 7.